The van der Waals surface area contributed by atoms with Crippen LogP contribution in [0.1, 0.15) is 12.8 Å². The van der Waals surface area contributed by atoms with E-state index in [9.17, 15) is 13.2 Å². The average molecular weight is 264 g/mol. The Morgan fingerprint density at radius 3 is 2.47 bits per heavy atom. The fourth-order valence-electron chi connectivity index (χ4n) is 1.63. The van der Waals surface area contributed by atoms with Crippen molar-refractivity contribution >= 4 is 15.7 Å². The minimum absolute atomic E-state index is 0.0419. The van der Waals surface area contributed by atoms with Crippen LogP contribution >= 0.6 is 0 Å². The quantitative estimate of drug-likeness (QED) is 0.621. The summed E-state index contributed by atoms with van der Waals surface area (Å²) < 4.78 is 28.4. The van der Waals surface area contributed by atoms with Crippen molar-refractivity contribution in [2.75, 3.05) is 44.4 Å². The molecule has 0 atom stereocenters. The van der Waals surface area contributed by atoms with Gasteiger partial charge in [0.1, 0.15) is 5.75 Å². The largest absolute Gasteiger partial charge is 0.378 e. The average Bonchev–Trinajstić information content (AvgIpc) is 2.30. The van der Waals surface area contributed by atoms with E-state index in [0.29, 0.717) is 45.7 Å². The van der Waals surface area contributed by atoms with Crippen molar-refractivity contribution in [1.29, 1.82) is 0 Å². The molecule has 1 amide bonds. The Kier molecular flexibility index (Phi) is 5.87. The molecule has 1 aliphatic rings. The summed E-state index contributed by atoms with van der Waals surface area (Å²) in [5.74, 6) is -0.668. The molecule has 1 rings (SSSR count). The zero-order chi connectivity index (χ0) is 12.7. The smallest absolute Gasteiger partial charge is 0.237 e. The molecule has 100 valence electrons. The first-order valence-electron chi connectivity index (χ1n) is 5.81. The van der Waals surface area contributed by atoms with E-state index in [-0.39, 0.29) is 11.7 Å². The van der Waals surface area contributed by atoms with Crippen LogP contribution in [0.15, 0.2) is 0 Å². The van der Waals surface area contributed by atoms with Crippen molar-refractivity contribution in [2.24, 2.45) is 5.73 Å². The Hall–Kier alpha value is -0.660. The fraction of sp³-hybridized carbons (Fsp3) is 0.900. The molecule has 0 spiro atoms. The molecule has 1 saturated heterocycles. The van der Waals surface area contributed by atoms with Gasteiger partial charge in [-0.2, -0.15) is 0 Å². The zero-order valence-electron chi connectivity index (χ0n) is 9.93. The molecule has 0 unspecified atom stereocenters. The molecule has 2 N–H and O–H groups in total. The molecule has 6 nitrogen and oxygen atoms in total. The molecule has 0 bridgehead atoms. The van der Waals surface area contributed by atoms with Crippen LogP contribution < -0.4 is 5.73 Å². The Morgan fingerprint density at radius 2 is 1.88 bits per heavy atom. The lowest BCUT2D eigenvalue weighted by Crippen LogP contribution is -2.43. The third-order valence-corrected chi connectivity index (χ3v) is 4.21. The summed E-state index contributed by atoms with van der Waals surface area (Å²) in [6, 6.07) is 0. The van der Waals surface area contributed by atoms with E-state index in [0.717, 1.165) is 0 Å². The first-order chi connectivity index (χ1) is 8.05. The highest BCUT2D eigenvalue weighted by atomic mass is 32.2. The van der Waals surface area contributed by atoms with Crippen molar-refractivity contribution in [2.45, 2.75) is 12.8 Å². The van der Waals surface area contributed by atoms with Gasteiger partial charge in [-0.05, 0) is 19.4 Å². The Balaban J connectivity index is 2.37. The number of morpholine rings is 1. The highest BCUT2D eigenvalue weighted by Crippen LogP contribution is 2.02. The van der Waals surface area contributed by atoms with E-state index >= 15 is 0 Å². The number of unbranched alkanes of at least 4 members (excludes halogenated alkanes) is 1. The van der Waals surface area contributed by atoms with Gasteiger partial charge in [0.25, 0.3) is 0 Å². The number of rotatable bonds is 6. The third-order valence-electron chi connectivity index (χ3n) is 2.62. The lowest BCUT2D eigenvalue weighted by atomic mass is 10.3. The molecular weight excluding hydrogens is 244 g/mol. The molecule has 1 fully saturated rings. The zero-order valence-corrected chi connectivity index (χ0v) is 10.7. The standard InChI is InChI=1S/C10H20N2O4S/c11-3-1-2-8-17(14,15)9-10(13)12-4-6-16-7-5-12/h1-9,11H2. The van der Waals surface area contributed by atoms with Gasteiger partial charge >= 0.3 is 0 Å². The summed E-state index contributed by atoms with van der Waals surface area (Å²) in [6.45, 7) is 2.42. The second-order valence-corrected chi connectivity index (χ2v) is 6.27. The number of nitrogens with two attached hydrogens (primary N) is 1. The Bertz CT molecular complexity index is 336. The van der Waals surface area contributed by atoms with Crippen molar-refractivity contribution in [3.05, 3.63) is 0 Å². The molecule has 0 saturated carbocycles. The summed E-state index contributed by atoms with van der Waals surface area (Å²) in [5.41, 5.74) is 5.29. The minimum atomic E-state index is -3.29. The molecule has 1 aliphatic heterocycles. The van der Waals surface area contributed by atoms with E-state index in [1.807, 2.05) is 0 Å². The molecule has 17 heavy (non-hydrogen) atoms. The molecule has 0 aliphatic carbocycles. The number of carbonyl (C=O) groups is 1. The number of carbonyl (C=O) groups excluding carboxylic acids is 1. The van der Waals surface area contributed by atoms with Gasteiger partial charge in [0.15, 0.2) is 9.84 Å². The van der Waals surface area contributed by atoms with Crippen LogP contribution in [-0.4, -0.2) is 63.6 Å². The van der Waals surface area contributed by atoms with Gasteiger partial charge in [0.2, 0.25) is 5.91 Å². The number of sulfone groups is 1. The summed E-state index contributed by atoms with van der Waals surface area (Å²) in [4.78, 5) is 13.3. The number of nitrogens with zero attached hydrogens (tertiary/aromatic N) is 1. The topological polar surface area (TPSA) is 89.7 Å². The summed E-state index contributed by atoms with van der Waals surface area (Å²) >= 11 is 0. The SMILES string of the molecule is NCCCCS(=O)(=O)CC(=O)N1CCOCC1. The third kappa shape index (κ3) is 5.47. The molecule has 0 aromatic carbocycles. The number of amides is 1. The molecule has 7 heteroatoms. The maximum atomic E-state index is 11.7. The molecular formula is C10H20N2O4S. The van der Waals surface area contributed by atoms with Crippen LogP contribution in [0, 0.1) is 0 Å². The van der Waals surface area contributed by atoms with Crippen LogP contribution in [0.25, 0.3) is 0 Å². The van der Waals surface area contributed by atoms with Crippen molar-refractivity contribution < 1.29 is 17.9 Å². The molecule has 0 aromatic rings. The lowest BCUT2D eigenvalue weighted by Gasteiger charge is -2.26. The van der Waals surface area contributed by atoms with E-state index in [1.165, 1.54) is 0 Å². The Morgan fingerprint density at radius 1 is 1.24 bits per heavy atom. The lowest BCUT2D eigenvalue weighted by molar-refractivity contribution is -0.132. The van der Waals surface area contributed by atoms with Crippen LogP contribution in [0.2, 0.25) is 0 Å². The van der Waals surface area contributed by atoms with Crippen LogP contribution in [0.3, 0.4) is 0 Å². The number of hydrogen-bond donors (Lipinski definition) is 1. The van der Waals surface area contributed by atoms with Crippen molar-refractivity contribution in [1.82, 2.24) is 4.90 Å². The van der Waals surface area contributed by atoms with Crippen molar-refractivity contribution in [3.8, 4) is 0 Å². The maximum Gasteiger partial charge on any atom is 0.237 e. The van der Waals surface area contributed by atoms with Crippen LogP contribution in [0.4, 0.5) is 0 Å². The molecule has 0 aromatic heterocycles. The van der Waals surface area contributed by atoms with E-state index in [4.69, 9.17) is 10.5 Å². The maximum absolute atomic E-state index is 11.7. The van der Waals surface area contributed by atoms with E-state index in [1.54, 1.807) is 4.90 Å². The van der Waals surface area contributed by atoms with Crippen LogP contribution in [-0.2, 0) is 19.4 Å². The van der Waals surface area contributed by atoms with Gasteiger partial charge in [0, 0.05) is 13.1 Å². The van der Waals surface area contributed by atoms with E-state index < -0.39 is 15.6 Å². The summed E-state index contributed by atoms with van der Waals surface area (Å²) in [5, 5.41) is 0. The fourth-order valence-corrected chi connectivity index (χ4v) is 2.98. The number of hydrogen-bond acceptors (Lipinski definition) is 5. The summed E-state index contributed by atoms with van der Waals surface area (Å²) in [7, 11) is -3.29. The first kappa shape index (κ1) is 14.4. The van der Waals surface area contributed by atoms with Gasteiger partial charge in [-0.15, -0.1) is 0 Å². The minimum Gasteiger partial charge on any atom is -0.378 e. The van der Waals surface area contributed by atoms with E-state index in [2.05, 4.69) is 0 Å². The summed E-state index contributed by atoms with van der Waals surface area (Å²) in [6.07, 6.45) is 1.19. The second-order valence-electron chi connectivity index (χ2n) is 4.08. The predicted molar refractivity (Wildman–Crippen MR) is 64.3 cm³/mol. The van der Waals surface area contributed by atoms with Crippen molar-refractivity contribution in [3.63, 3.8) is 0 Å². The Labute approximate surface area is 102 Å². The van der Waals surface area contributed by atoms with Gasteiger partial charge in [-0.3, -0.25) is 4.79 Å². The van der Waals surface area contributed by atoms with Gasteiger partial charge < -0.3 is 15.4 Å². The van der Waals surface area contributed by atoms with Crippen LogP contribution in [0.5, 0.6) is 0 Å². The highest BCUT2D eigenvalue weighted by Gasteiger charge is 2.22. The normalized spacial score (nSPS) is 17.1. The number of ether oxygens (including phenoxy) is 1. The van der Waals surface area contributed by atoms with Gasteiger partial charge in [0.05, 0.1) is 19.0 Å². The van der Waals surface area contributed by atoms with Gasteiger partial charge in [-0.25, -0.2) is 8.42 Å². The molecule has 0 radical (unpaired) electrons. The first-order valence-corrected chi connectivity index (χ1v) is 7.63. The second kappa shape index (κ2) is 6.93. The monoisotopic (exact) mass is 264 g/mol. The molecule has 1 heterocycles. The predicted octanol–water partition coefficient (Wildman–Crippen LogP) is -1.00. The van der Waals surface area contributed by atoms with Gasteiger partial charge in [-0.1, -0.05) is 0 Å². The highest BCUT2D eigenvalue weighted by molar-refractivity contribution is 7.92.